The summed E-state index contributed by atoms with van der Waals surface area (Å²) in [6.07, 6.45) is 5.76. The van der Waals surface area contributed by atoms with Gasteiger partial charge in [-0.05, 0) is 25.8 Å². The van der Waals surface area contributed by atoms with Gasteiger partial charge in [-0.25, -0.2) is 18.1 Å². The van der Waals surface area contributed by atoms with E-state index >= 15 is 0 Å². The van der Waals surface area contributed by atoms with Crippen LogP contribution in [0.2, 0.25) is 0 Å². The first-order valence-corrected chi connectivity index (χ1v) is 7.18. The molecule has 1 fully saturated rings. The van der Waals surface area contributed by atoms with Crippen LogP contribution in [0.3, 0.4) is 0 Å². The van der Waals surface area contributed by atoms with Crippen molar-refractivity contribution in [2.24, 2.45) is 0 Å². The highest BCUT2D eigenvalue weighted by Gasteiger charge is 2.20. The highest BCUT2D eigenvalue weighted by atomic mass is 32.2. The summed E-state index contributed by atoms with van der Waals surface area (Å²) in [6.45, 7) is 0.722. The van der Waals surface area contributed by atoms with E-state index in [0.717, 1.165) is 6.54 Å². The molecule has 2 N–H and O–H groups in total. The number of nitrogens with one attached hydrogen (secondary N) is 2. The van der Waals surface area contributed by atoms with E-state index in [2.05, 4.69) is 25.2 Å². The molecule has 0 radical (unpaired) electrons. The quantitative estimate of drug-likeness (QED) is 0.654. The van der Waals surface area contributed by atoms with Crippen molar-refractivity contribution in [3.05, 3.63) is 12.4 Å². The molecule has 0 atom stereocenters. The second-order valence-electron chi connectivity index (χ2n) is 3.97. The van der Waals surface area contributed by atoms with E-state index in [1.165, 1.54) is 25.2 Å². The summed E-state index contributed by atoms with van der Waals surface area (Å²) in [7, 11) is -3.37. The van der Waals surface area contributed by atoms with E-state index in [1.807, 2.05) is 0 Å². The molecule has 0 aliphatic heterocycles. The number of hydrogen-bond acceptors (Lipinski definition) is 6. The zero-order valence-electron chi connectivity index (χ0n) is 9.33. The van der Waals surface area contributed by atoms with Crippen molar-refractivity contribution in [1.82, 2.24) is 20.5 Å². The molecule has 1 aromatic heterocycles. The van der Waals surface area contributed by atoms with Crippen LogP contribution in [-0.2, 0) is 10.0 Å². The third-order valence-electron chi connectivity index (χ3n) is 2.33. The summed E-state index contributed by atoms with van der Waals surface area (Å²) < 4.78 is 25.5. The summed E-state index contributed by atoms with van der Waals surface area (Å²) >= 11 is 0. The molecule has 94 valence electrons. The van der Waals surface area contributed by atoms with Crippen molar-refractivity contribution in [2.75, 3.05) is 17.0 Å². The van der Waals surface area contributed by atoms with Gasteiger partial charge in [-0.1, -0.05) is 0 Å². The first-order chi connectivity index (χ1) is 8.16. The molecule has 0 bridgehead atoms. The van der Waals surface area contributed by atoms with Crippen molar-refractivity contribution in [3.8, 4) is 0 Å². The Morgan fingerprint density at radius 3 is 2.82 bits per heavy atom. The number of aromatic nitrogens is 3. The van der Waals surface area contributed by atoms with Crippen LogP contribution in [0.1, 0.15) is 19.3 Å². The Labute approximate surface area is 100 Å². The van der Waals surface area contributed by atoms with Crippen molar-refractivity contribution in [1.29, 1.82) is 0 Å². The van der Waals surface area contributed by atoms with E-state index in [0.29, 0.717) is 12.5 Å². The number of nitrogens with zero attached hydrogens (tertiary/aromatic N) is 3. The Balaban J connectivity index is 1.73. The third kappa shape index (κ3) is 4.61. The Morgan fingerprint density at radius 2 is 2.18 bits per heavy atom. The second kappa shape index (κ2) is 5.37. The van der Waals surface area contributed by atoms with Gasteiger partial charge in [0.25, 0.3) is 5.95 Å². The fourth-order valence-electron chi connectivity index (χ4n) is 1.34. The van der Waals surface area contributed by atoms with Crippen molar-refractivity contribution in [3.63, 3.8) is 0 Å². The zero-order valence-corrected chi connectivity index (χ0v) is 10.2. The van der Waals surface area contributed by atoms with Crippen molar-refractivity contribution >= 4 is 16.0 Å². The number of hydrogen-bond donors (Lipinski definition) is 2. The fraction of sp³-hybridized carbons (Fsp3) is 0.667. The van der Waals surface area contributed by atoms with Gasteiger partial charge in [-0.15, -0.1) is 5.10 Å². The maximum Gasteiger partial charge on any atom is 0.256 e. The predicted molar refractivity (Wildman–Crippen MR) is 62.9 cm³/mol. The molecule has 1 aliphatic rings. The molecule has 0 amide bonds. The van der Waals surface area contributed by atoms with Crippen molar-refractivity contribution in [2.45, 2.75) is 25.3 Å². The lowest BCUT2D eigenvalue weighted by atomic mass is 10.5. The molecule has 7 nitrogen and oxygen atoms in total. The van der Waals surface area contributed by atoms with Crippen LogP contribution < -0.4 is 10.0 Å². The van der Waals surface area contributed by atoms with E-state index in [4.69, 9.17) is 0 Å². The molecule has 0 spiro atoms. The van der Waals surface area contributed by atoms with Crippen LogP contribution in [0.5, 0.6) is 0 Å². The molecule has 1 saturated carbocycles. The van der Waals surface area contributed by atoms with Gasteiger partial charge in [0.05, 0.1) is 18.1 Å². The topological polar surface area (TPSA) is 96.9 Å². The number of rotatable bonds is 7. The monoisotopic (exact) mass is 257 g/mol. The first-order valence-electron chi connectivity index (χ1n) is 5.53. The Kier molecular flexibility index (Phi) is 3.85. The van der Waals surface area contributed by atoms with E-state index in [-0.39, 0.29) is 11.7 Å². The summed E-state index contributed by atoms with van der Waals surface area (Å²) in [5, 5.41) is 10.4. The minimum Gasteiger partial charge on any atom is -0.314 e. The lowest BCUT2D eigenvalue weighted by molar-refractivity contribution is 0.592. The van der Waals surface area contributed by atoms with Crippen LogP contribution in [0, 0.1) is 0 Å². The van der Waals surface area contributed by atoms with Crippen LogP contribution in [-0.4, -0.2) is 41.9 Å². The molecule has 0 saturated heterocycles. The fourth-order valence-corrected chi connectivity index (χ4v) is 2.34. The Morgan fingerprint density at radius 1 is 1.35 bits per heavy atom. The highest BCUT2D eigenvalue weighted by molar-refractivity contribution is 7.92. The zero-order chi connectivity index (χ0) is 12.1. The SMILES string of the molecule is O=S(=O)(CCCNC1CC1)Nc1nccnn1. The lowest BCUT2D eigenvalue weighted by Crippen LogP contribution is -2.23. The summed E-state index contributed by atoms with van der Waals surface area (Å²) in [5.74, 6) is 0.0768. The van der Waals surface area contributed by atoms with Gasteiger partial charge in [-0.3, -0.25) is 0 Å². The second-order valence-corrected chi connectivity index (χ2v) is 5.81. The Hall–Kier alpha value is -1.28. The summed E-state index contributed by atoms with van der Waals surface area (Å²) in [4.78, 5) is 3.75. The molecular weight excluding hydrogens is 242 g/mol. The smallest absolute Gasteiger partial charge is 0.256 e. The number of sulfonamides is 1. The van der Waals surface area contributed by atoms with Gasteiger partial charge >= 0.3 is 0 Å². The molecule has 8 heteroatoms. The predicted octanol–water partition coefficient (Wildman–Crippen LogP) is -0.245. The minimum absolute atomic E-state index is 0.0163. The molecule has 17 heavy (non-hydrogen) atoms. The average Bonchev–Trinajstić information content (AvgIpc) is 3.09. The summed E-state index contributed by atoms with van der Waals surface area (Å²) in [5.41, 5.74) is 0. The van der Waals surface area contributed by atoms with Crippen LogP contribution in [0.4, 0.5) is 5.95 Å². The standard InChI is InChI=1S/C9H15N5O2S/c15-17(16,7-1-4-10-8-2-3-8)14-9-11-5-6-12-13-9/h5-6,8,10H,1-4,7H2,(H,11,13,14). The van der Waals surface area contributed by atoms with Gasteiger partial charge in [0.2, 0.25) is 10.0 Å². The number of anilines is 1. The van der Waals surface area contributed by atoms with Crippen LogP contribution in [0.15, 0.2) is 12.4 Å². The van der Waals surface area contributed by atoms with E-state index < -0.39 is 10.0 Å². The maximum atomic E-state index is 11.6. The van der Waals surface area contributed by atoms with Gasteiger partial charge in [0, 0.05) is 6.04 Å². The normalized spacial score (nSPS) is 15.8. The molecule has 0 unspecified atom stereocenters. The van der Waals surface area contributed by atoms with Gasteiger partial charge < -0.3 is 5.32 Å². The van der Waals surface area contributed by atoms with E-state index in [9.17, 15) is 8.42 Å². The first kappa shape index (κ1) is 12.2. The molecule has 1 heterocycles. The van der Waals surface area contributed by atoms with Gasteiger partial charge in [-0.2, -0.15) is 5.10 Å². The summed E-state index contributed by atoms with van der Waals surface area (Å²) in [6, 6.07) is 0.604. The highest BCUT2D eigenvalue weighted by Crippen LogP contribution is 2.18. The minimum atomic E-state index is -3.37. The van der Waals surface area contributed by atoms with Gasteiger partial charge in [0.1, 0.15) is 0 Å². The largest absolute Gasteiger partial charge is 0.314 e. The molecule has 2 rings (SSSR count). The molecule has 1 aromatic rings. The van der Waals surface area contributed by atoms with Crippen LogP contribution in [0.25, 0.3) is 0 Å². The molecular formula is C9H15N5O2S. The molecule has 1 aliphatic carbocycles. The van der Waals surface area contributed by atoms with E-state index in [1.54, 1.807) is 0 Å². The van der Waals surface area contributed by atoms with Crippen molar-refractivity contribution < 1.29 is 8.42 Å². The maximum absolute atomic E-state index is 11.6. The lowest BCUT2D eigenvalue weighted by Gasteiger charge is -2.05. The van der Waals surface area contributed by atoms with Crippen LogP contribution >= 0.6 is 0 Å². The average molecular weight is 257 g/mol. The third-order valence-corrected chi connectivity index (χ3v) is 3.65. The van der Waals surface area contributed by atoms with Gasteiger partial charge in [0.15, 0.2) is 0 Å². The Bertz CT molecular complexity index is 446. The molecule has 0 aromatic carbocycles.